The van der Waals surface area contributed by atoms with E-state index in [2.05, 4.69) is 30.0 Å². The van der Waals surface area contributed by atoms with Gasteiger partial charge in [0, 0.05) is 36.6 Å². The van der Waals surface area contributed by atoms with Gasteiger partial charge in [0.15, 0.2) is 17.7 Å². The summed E-state index contributed by atoms with van der Waals surface area (Å²) in [6.45, 7) is 4.77. The maximum absolute atomic E-state index is 6.52. The van der Waals surface area contributed by atoms with E-state index in [9.17, 15) is 0 Å². The van der Waals surface area contributed by atoms with E-state index in [0.29, 0.717) is 5.92 Å². The zero-order chi connectivity index (χ0) is 18.4. The van der Waals surface area contributed by atoms with Crippen LogP contribution in [0.15, 0.2) is 36.4 Å². The molecule has 142 valence electrons. The number of benzene rings is 2. The fourth-order valence-corrected chi connectivity index (χ4v) is 4.67. The van der Waals surface area contributed by atoms with Gasteiger partial charge in [-0.15, -0.1) is 0 Å². The summed E-state index contributed by atoms with van der Waals surface area (Å²) in [5.74, 6) is 3.93. The highest BCUT2D eigenvalue weighted by Crippen LogP contribution is 2.50. The van der Waals surface area contributed by atoms with Crippen LogP contribution in [0, 0.1) is 5.92 Å². The molecule has 27 heavy (non-hydrogen) atoms. The highest BCUT2D eigenvalue weighted by molar-refractivity contribution is 5.56. The van der Waals surface area contributed by atoms with E-state index in [4.69, 9.17) is 18.9 Å². The number of fused-ring (bicyclic) bond motifs is 2. The molecule has 0 saturated carbocycles. The van der Waals surface area contributed by atoms with Gasteiger partial charge in [-0.3, -0.25) is 4.90 Å². The van der Waals surface area contributed by atoms with Gasteiger partial charge in [0.2, 0.25) is 6.79 Å². The van der Waals surface area contributed by atoms with Gasteiger partial charge in [-0.05, 0) is 36.6 Å². The van der Waals surface area contributed by atoms with Crippen molar-refractivity contribution in [2.45, 2.75) is 31.9 Å². The first-order chi connectivity index (χ1) is 13.2. The number of ether oxygens (including phenoxy) is 4. The Hall–Kier alpha value is -2.40. The van der Waals surface area contributed by atoms with Crippen LogP contribution < -0.4 is 18.9 Å². The van der Waals surface area contributed by atoms with Crippen molar-refractivity contribution in [2.75, 3.05) is 27.0 Å². The maximum atomic E-state index is 6.52. The Morgan fingerprint density at radius 2 is 1.67 bits per heavy atom. The molecule has 0 N–H and O–H groups in total. The van der Waals surface area contributed by atoms with Crippen LogP contribution in [0.4, 0.5) is 0 Å². The first-order valence-corrected chi connectivity index (χ1v) is 9.73. The van der Waals surface area contributed by atoms with Crippen molar-refractivity contribution >= 4 is 0 Å². The standard InChI is InChI=1S/C22H25NO4/c1-14-21(15-5-7-16(24-2)8-6-15)17-11-19-20(26-13-25-19)12-18(17)27-22(14)23-9-3-4-10-23/h5-8,11-12,14,21-22H,3-4,9-10,13H2,1-2H3/t14-,21-,22+/m1/s1. The molecule has 0 spiro atoms. The molecule has 0 amide bonds. The Bertz CT molecular complexity index is 829. The lowest BCUT2D eigenvalue weighted by Crippen LogP contribution is -2.46. The van der Waals surface area contributed by atoms with Gasteiger partial charge in [0.25, 0.3) is 0 Å². The van der Waals surface area contributed by atoms with Crippen LogP contribution >= 0.6 is 0 Å². The SMILES string of the molecule is COc1ccc([C@@H]2c3cc4c(cc3O[C@H](N3CCCC3)[C@@H]2C)OCO4)cc1. The minimum Gasteiger partial charge on any atom is -0.497 e. The second-order valence-electron chi connectivity index (χ2n) is 7.60. The molecule has 2 aromatic carbocycles. The molecule has 3 aliphatic rings. The van der Waals surface area contributed by atoms with Crippen LogP contribution in [0.25, 0.3) is 0 Å². The molecular weight excluding hydrogens is 342 g/mol. The molecule has 3 aliphatic heterocycles. The molecule has 1 saturated heterocycles. The molecule has 2 aromatic rings. The van der Waals surface area contributed by atoms with E-state index < -0.39 is 0 Å². The Balaban J connectivity index is 1.60. The largest absolute Gasteiger partial charge is 0.497 e. The Kier molecular flexibility index (Phi) is 4.12. The van der Waals surface area contributed by atoms with Crippen molar-refractivity contribution in [3.63, 3.8) is 0 Å². The number of rotatable bonds is 3. The number of likely N-dealkylation sites (tertiary alicyclic amines) is 1. The summed E-state index contributed by atoms with van der Waals surface area (Å²) in [4.78, 5) is 2.48. The lowest BCUT2D eigenvalue weighted by atomic mass is 9.78. The zero-order valence-electron chi connectivity index (χ0n) is 15.8. The van der Waals surface area contributed by atoms with Crippen LogP contribution in [0.2, 0.25) is 0 Å². The zero-order valence-corrected chi connectivity index (χ0v) is 15.8. The first kappa shape index (κ1) is 16.8. The van der Waals surface area contributed by atoms with Crippen molar-refractivity contribution in [3.8, 4) is 23.0 Å². The predicted molar refractivity (Wildman–Crippen MR) is 102 cm³/mol. The average Bonchev–Trinajstić information content (AvgIpc) is 3.38. The minimum absolute atomic E-state index is 0.0764. The normalized spacial score (nSPS) is 26.5. The van der Waals surface area contributed by atoms with Gasteiger partial charge >= 0.3 is 0 Å². The molecule has 3 heterocycles. The van der Waals surface area contributed by atoms with Crippen LogP contribution in [-0.2, 0) is 0 Å². The van der Waals surface area contributed by atoms with Gasteiger partial charge in [-0.1, -0.05) is 19.1 Å². The van der Waals surface area contributed by atoms with Crippen molar-refractivity contribution in [3.05, 3.63) is 47.5 Å². The second-order valence-corrected chi connectivity index (χ2v) is 7.60. The van der Waals surface area contributed by atoms with Crippen LogP contribution in [0.3, 0.4) is 0 Å². The van der Waals surface area contributed by atoms with Crippen LogP contribution in [0.5, 0.6) is 23.0 Å². The number of hydrogen-bond donors (Lipinski definition) is 0. The van der Waals surface area contributed by atoms with E-state index in [0.717, 1.165) is 36.1 Å². The van der Waals surface area contributed by atoms with Crippen LogP contribution in [0.1, 0.15) is 36.8 Å². The minimum atomic E-state index is 0.0764. The number of hydrogen-bond acceptors (Lipinski definition) is 5. The summed E-state index contributed by atoms with van der Waals surface area (Å²) in [5, 5.41) is 0. The summed E-state index contributed by atoms with van der Waals surface area (Å²) in [7, 11) is 1.70. The molecule has 5 rings (SSSR count). The van der Waals surface area contributed by atoms with E-state index >= 15 is 0 Å². The van der Waals surface area contributed by atoms with Gasteiger partial charge in [-0.2, -0.15) is 0 Å². The Morgan fingerprint density at radius 1 is 0.963 bits per heavy atom. The highest BCUT2D eigenvalue weighted by atomic mass is 16.7. The summed E-state index contributed by atoms with van der Waals surface area (Å²) in [6.07, 6.45) is 2.56. The molecule has 3 atom stereocenters. The first-order valence-electron chi connectivity index (χ1n) is 9.73. The molecule has 0 unspecified atom stereocenters. The molecule has 0 radical (unpaired) electrons. The summed E-state index contributed by atoms with van der Waals surface area (Å²) in [6, 6.07) is 12.5. The molecule has 5 nitrogen and oxygen atoms in total. The molecule has 0 aromatic heterocycles. The molecule has 0 bridgehead atoms. The summed E-state index contributed by atoms with van der Waals surface area (Å²) < 4.78 is 23.1. The number of methoxy groups -OCH3 is 1. The average molecular weight is 367 g/mol. The van der Waals surface area contributed by atoms with Gasteiger partial charge in [-0.25, -0.2) is 0 Å². The second kappa shape index (κ2) is 6.64. The van der Waals surface area contributed by atoms with E-state index in [-0.39, 0.29) is 18.9 Å². The fourth-order valence-electron chi connectivity index (χ4n) is 4.67. The smallest absolute Gasteiger partial charge is 0.231 e. The lowest BCUT2D eigenvalue weighted by molar-refractivity contribution is -0.0178. The monoisotopic (exact) mass is 367 g/mol. The molecular formula is C22H25NO4. The molecule has 1 fully saturated rings. The van der Waals surface area contributed by atoms with Crippen molar-refractivity contribution in [1.82, 2.24) is 4.90 Å². The summed E-state index contributed by atoms with van der Waals surface area (Å²) in [5.41, 5.74) is 2.45. The van der Waals surface area contributed by atoms with Crippen molar-refractivity contribution in [1.29, 1.82) is 0 Å². The highest BCUT2D eigenvalue weighted by Gasteiger charge is 2.41. The van der Waals surface area contributed by atoms with Crippen molar-refractivity contribution in [2.24, 2.45) is 5.92 Å². The Morgan fingerprint density at radius 3 is 2.37 bits per heavy atom. The fraction of sp³-hybridized carbons (Fsp3) is 0.455. The maximum Gasteiger partial charge on any atom is 0.231 e. The van der Waals surface area contributed by atoms with Gasteiger partial charge < -0.3 is 18.9 Å². The topological polar surface area (TPSA) is 40.2 Å². The van der Waals surface area contributed by atoms with E-state index in [1.807, 2.05) is 18.2 Å². The van der Waals surface area contributed by atoms with E-state index in [1.54, 1.807) is 7.11 Å². The third-order valence-corrected chi connectivity index (χ3v) is 6.04. The quantitative estimate of drug-likeness (QED) is 0.820. The van der Waals surface area contributed by atoms with E-state index in [1.165, 1.54) is 24.0 Å². The molecule has 0 aliphatic carbocycles. The van der Waals surface area contributed by atoms with Crippen molar-refractivity contribution < 1.29 is 18.9 Å². The van der Waals surface area contributed by atoms with Gasteiger partial charge in [0.05, 0.1) is 7.11 Å². The lowest BCUT2D eigenvalue weighted by Gasteiger charge is -2.42. The van der Waals surface area contributed by atoms with Crippen LogP contribution in [-0.4, -0.2) is 38.1 Å². The summed E-state index contributed by atoms with van der Waals surface area (Å²) >= 11 is 0. The Labute approximate surface area is 159 Å². The third-order valence-electron chi connectivity index (χ3n) is 6.04. The molecule has 5 heteroatoms. The van der Waals surface area contributed by atoms with Gasteiger partial charge in [0.1, 0.15) is 11.5 Å². The third kappa shape index (κ3) is 2.81. The predicted octanol–water partition coefficient (Wildman–Crippen LogP) is 4.01. The number of nitrogens with zero attached hydrogens (tertiary/aromatic N) is 1.